The number of likely N-dealkylation sites (tertiary alicyclic amines) is 1. The van der Waals surface area contributed by atoms with Crippen LogP contribution in [0.2, 0.25) is 0 Å². The Morgan fingerprint density at radius 2 is 1.95 bits per heavy atom. The summed E-state index contributed by atoms with van der Waals surface area (Å²) in [7, 11) is 0. The Hall–Kier alpha value is -1.30. The first-order valence-electron chi connectivity index (χ1n) is 7.77. The van der Waals surface area contributed by atoms with Crippen LogP contribution < -0.4 is 5.73 Å². The van der Waals surface area contributed by atoms with Crippen molar-refractivity contribution in [2.45, 2.75) is 51.7 Å². The summed E-state index contributed by atoms with van der Waals surface area (Å²) in [6, 6.07) is 0.319. The summed E-state index contributed by atoms with van der Waals surface area (Å²) in [6.45, 7) is 7.82. The number of hydrogen-bond acceptors (Lipinski definition) is 4. The molecule has 6 nitrogen and oxygen atoms in total. The van der Waals surface area contributed by atoms with Crippen molar-refractivity contribution >= 4 is 12.0 Å². The van der Waals surface area contributed by atoms with Gasteiger partial charge in [0.2, 0.25) is 5.91 Å². The molecular weight excluding hydrogens is 270 g/mol. The summed E-state index contributed by atoms with van der Waals surface area (Å²) < 4.78 is 5.49. The van der Waals surface area contributed by atoms with Crippen molar-refractivity contribution in [1.29, 1.82) is 0 Å². The van der Waals surface area contributed by atoms with Gasteiger partial charge in [-0.3, -0.25) is 4.79 Å². The molecule has 0 bridgehead atoms. The van der Waals surface area contributed by atoms with E-state index in [0.29, 0.717) is 25.0 Å². The molecule has 0 spiro atoms. The number of ether oxygens (including phenoxy) is 1. The average Bonchev–Trinajstić information content (AvgIpc) is 3.11. The van der Waals surface area contributed by atoms with Gasteiger partial charge < -0.3 is 20.3 Å². The molecule has 1 saturated heterocycles. The highest BCUT2D eigenvalue weighted by Gasteiger charge is 2.38. The zero-order valence-electron chi connectivity index (χ0n) is 13.3. The zero-order valence-corrected chi connectivity index (χ0v) is 13.3. The van der Waals surface area contributed by atoms with Gasteiger partial charge in [0.15, 0.2) is 0 Å². The molecule has 2 amide bonds. The molecule has 0 unspecified atom stereocenters. The fourth-order valence-corrected chi connectivity index (χ4v) is 2.69. The third kappa shape index (κ3) is 4.59. The predicted molar refractivity (Wildman–Crippen MR) is 79.7 cm³/mol. The summed E-state index contributed by atoms with van der Waals surface area (Å²) in [5.41, 5.74) is 4.93. The molecule has 1 aliphatic heterocycles. The van der Waals surface area contributed by atoms with Crippen LogP contribution in [0, 0.1) is 5.92 Å². The number of rotatable bonds is 4. The van der Waals surface area contributed by atoms with E-state index in [1.54, 1.807) is 4.90 Å². The van der Waals surface area contributed by atoms with Crippen LogP contribution in [-0.4, -0.2) is 59.6 Å². The summed E-state index contributed by atoms with van der Waals surface area (Å²) in [4.78, 5) is 27.6. The smallest absolute Gasteiger partial charge is 0.410 e. The molecule has 0 aromatic rings. The molecule has 0 aromatic carbocycles. The molecule has 1 aliphatic carbocycles. The van der Waals surface area contributed by atoms with E-state index in [1.165, 1.54) is 0 Å². The van der Waals surface area contributed by atoms with Crippen LogP contribution in [0.3, 0.4) is 0 Å². The minimum Gasteiger partial charge on any atom is -0.444 e. The molecule has 120 valence electrons. The molecular formula is C15H27N3O3. The lowest BCUT2D eigenvalue weighted by Gasteiger charge is -2.29. The molecule has 2 rings (SSSR count). The summed E-state index contributed by atoms with van der Waals surface area (Å²) in [5, 5.41) is 0. The number of nitrogens with zero attached hydrogens (tertiary/aromatic N) is 2. The normalized spacial score (nSPS) is 22.3. The first kappa shape index (κ1) is 16.1. The quantitative estimate of drug-likeness (QED) is 0.846. The Morgan fingerprint density at radius 3 is 2.48 bits per heavy atom. The van der Waals surface area contributed by atoms with Crippen LogP contribution >= 0.6 is 0 Å². The highest BCUT2D eigenvalue weighted by atomic mass is 16.6. The van der Waals surface area contributed by atoms with Gasteiger partial charge in [0.25, 0.3) is 0 Å². The van der Waals surface area contributed by atoms with Gasteiger partial charge >= 0.3 is 6.09 Å². The maximum absolute atomic E-state index is 12.3. The predicted octanol–water partition coefficient (Wildman–Crippen LogP) is 1.19. The van der Waals surface area contributed by atoms with Crippen molar-refractivity contribution in [2.24, 2.45) is 11.7 Å². The Kier molecular flexibility index (Phi) is 4.76. The lowest BCUT2D eigenvalue weighted by Crippen LogP contribution is -2.42. The summed E-state index contributed by atoms with van der Waals surface area (Å²) in [6.07, 6.45) is 2.81. The van der Waals surface area contributed by atoms with Gasteiger partial charge in [0.05, 0.1) is 6.54 Å². The van der Waals surface area contributed by atoms with E-state index in [2.05, 4.69) is 0 Å². The van der Waals surface area contributed by atoms with Gasteiger partial charge in [-0.1, -0.05) is 0 Å². The lowest BCUT2D eigenvalue weighted by molar-refractivity contribution is -0.128. The van der Waals surface area contributed by atoms with Gasteiger partial charge in [-0.25, -0.2) is 4.79 Å². The van der Waals surface area contributed by atoms with E-state index in [4.69, 9.17) is 10.5 Å². The van der Waals surface area contributed by atoms with E-state index >= 15 is 0 Å². The number of hydrogen-bond donors (Lipinski definition) is 1. The first-order chi connectivity index (χ1) is 9.80. The van der Waals surface area contributed by atoms with Crippen LogP contribution in [-0.2, 0) is 9.53 Å². The minimum absolute atomic E-state index is 0.00672. The van der Waals surface area contributed by atoms with Crippen molar-refractivity contribution < 1.29 is 14.3 Å². The first-order valence-corrected chi connectivity index (χ1v) is 7.77. The molecule has 0 radical (unpaired) electrons. The average molecular weight is 297 g/mol. The van der Waals surface area contributed by atoms with Crippen LogP contribution in [0.4, 0.5) is 4.79 Å². The molecule has 1 saturated carbocycles. The Morgan fingerprint density at radius 1 is 1.29 bits per heavy atom. The molecule has 2 N–H and O–H groups in total. The molecule has 21 heavy (non-hydrogen) atoms. The van der Waals surface area contributed by atoms with Crippen molar-refractivity contribution in [3.63, 3.8) is 0 Å². The van der Waals surface area contributed by atoms with Crippen molar-refractivity contribution in [3.05, 3.63) is 0 Å². The zero-order chi connectivity index (χ0) is 15.6. The highest BCUT2D eigenvalue weighted by Crippen LogP contribution is 2.30. The minimum atomic E-state index is -0.471. The SMILES string of the molecule is CC(C)(C)OC(=O)N(C[C@@H]1CCN(C(=O)CN)C1)C1CC1. The van der Waals surface area contributed by atoms with E-state index in [0.717, 1.165) is 25.8 Å². The second-order valence-corrected chi connectivity index (χ2v) is 7.06. The Balaban J connectivity index is 1.89. The molecule has 1 heterocycles. The van der Waals surface area contributed by atoms with E-state index in [-0.39, 0.29) is 18.5 Å². The Bertz CT molecular complexity index is 401. The lowest BCUT2D eigenvalue weighted by atomic mass is 10.1. The fourth-order valence-electron chi connectivity index (χ4n) is 2.69. The third-order valence-corrected chi connectivity index (χ3v) is 3.88. The Labute approximate surface area is 126 Å². The number of carbonyl (C=O) groups is 2. The molecule has 0 aromatic heterocycles. The number of nitrogens with two attached hydrogens (primary N) is 1. The third-order valence-electron chi connectivity index (χ3n) is 3.88. The number of amides is 2. The van der Waals surface area contributed by atoms with Crippen molar-refractivity contribution in [3.8, 4) is 0 Å². The van der Waals surface area contributed by atoms with E-state index < -0.39 is 5.60 Å². The number of carbonyl (C=O) groups excluding carboxylic acids is 2. The van der Waals surface area contributed by atoms with Gasteiger partial charge in [-0.15, -0.1) is 0 Å². The fraction of sp³-hybridized carbons (Fsp3) is 0.867. The van der Waals surface area contributed by atoms with Gasteiger partial charge in [-0.2, -0.15) is 0 Å². The molecule has 2 fully saturated rings. The van der Waals surface area contributed by atoms with Crippen LogP contribution in [0.1, 0.15) is 40.0 Å². The van der Waals surface area contributed by atoms with Gasteiger partial charge in [-0.05, 0) is 46.0 Å². The van der Waals surface area contributed by atoms with Crippen LogP contribution in [0.5, 0.6) is 0 Å². The summed E-state index contributed by atoms with van der Waals surface area (Å²) in [5.74, 6) is 0.321. The maximum atomic E-state index is 12.3. The monoisotopic (exact) mass is 297 g/mol. The largest absolute Gasteiger partial charge is 0.444 e. The highest BCUT2D eigenvalue weighted by molar-refractivity contribution is 5.78. The maximum Gasteiger partial charge on any atom is 0.410 e. The standard InChI is InChI=1S/C15H27N3O3/c1-15(2,3)21-14(20)18(12-4-5-12)10-11-6-7-17(9-11)13(19)8-16/h11-12H,4-10,16H2,1-3H3/t11-/m1/s1. The second kappa shape index (κ2) is 6.22. The van der Waals surface area contributed by atoms with E-state index in [1.807, 2.05) is 25.7 Å². The van der Waals surface area contributed by atoms with Crippen LogP contribution in [0.25, 0.3) is 0 Å². The van der Waals surface area contributed by atoms with Crippen LogP contribution in [0.15, 0.2) is 0 Å². The topological polar surface area (TPSA) is 75.9 Å². The second-order valence-electron chi connectivity index (χ2n) is 7.06. The van der Waals surface area contributed by atoms with Gasteiger partial charge in [0.1, 0.15) is 5.60 Å². The van der Waals surface area contributed by atoms with Gasteiger partial charge in [0, 0.05) is 25.7 Å². The molecule has 2 aliphatic rings. The molecule has 1 atom stereocenters. The molecule has 6 heteroatoms. The van der Waals surface area contributed by atoms with Crippen molar-refractivity contribution in [2.75, 3.05) is 26.2 Å². The van der Waals surface area contributed by atoms with E-state index in [9.17, 15) is 9.59 Å². The van der Waals surface area contributed by atoms with Crippen molar-refractivity contribution in [1.82, 2.24) is 9.80 Å². The summed E-state index contributed by atoms with van der Waals surface area (Å²) >= 11 is 0.